The second-order valence-corrected chi connectivity index (χ2v) is 7.35. The minimum absolute atomic E-state index is 0.0231. The summed E-state index contributed by atoms with van der Waals surface area (Å²) in [5.74, 6) is 0.0231. The Hall–Kier alpha value is -1.40. The Labute approximate surface area is 126 Å². The summed E-state index contributed by atoms with van der Waals surface area (Å²) in [6.07, 6.45) is 1.79. The quantitative estimate of drug-likeness (QED) is 0.920. The van der Waals surface area contributed by atoms with Crippen LogP contribution in [0.15, 0.2) is 29.2 Å². The van der Waals surface area contributed by atoms with Crippen molar-refractivity contribution in [3.63, 3.8) is 0 Å². The number of nitrogens with one attached hydrogen (secondary N) is 1. The Morgan fingerprint density at radius 1 is 1.33 bits per heavy atom. The molecule has 1 aliphatic rings. The van der Waals surface area contributed by atoms with Gasteiger partial charge in [-0.2, -0.15) is 4.31 Å². The Balaban J connectivity index is 2.03. The molecule has 1 aromatic carbocycles. The second-order valence-electron chi connectivity index (χ2n) is 5.42. The fourth-order valence-electron chi connectivity index (χ4n) is 2.50. The molecule has 1 fully saturated rings. The van der Waals surface area contributed by atoms with E-state index in [0.29, 0.717) is 37.2 Å². The molecule has 1 amide bonds. The lowest BCUT2D eigenvalue weighted by molar-refractivity contribution is -0.121. The predicted octanol–water partition coefficient (Wildman–Crippen LogP) is 1.67. The van der Waals surface area contributed by atoms with Gasteiger partial charge in [0.2, 0.25) is 15.9 Å². The molecule has 116 valence electrons. The number of nitrogens with zero attached hydrogens (tertiary/aromatic N) is 1. The van der Waals surface area contributed by atoms with Gasteiger partial charge in [-0.1, -0.05) is 19.1 Å². The first-order valence-corrected chi connectivity index (χ1v) is 8.73. The lowest BCUT2D eigenvalue weighted by Crippen LogP contribution is -2.46. The molecule has 6 heteroatoms. The van der Waals surface area contributed by atoms with Gasteiger partial charge in [-0.3, -0.25) is 4.79 Å². The van der Waals surface area contributed by atoms with Crippen LogP contribution in [0.4, 0.5) is 0 Å². The summed E-state index contributed by atoms with van der Waals surface area (Å²) < 4.78 is 26.6. The molecule has 0 saturated carbocycles. The number of rotatable bonds is 4. The van der Waals surface area contributed by atoms with Crippen molar-refractivity contribution in [3.05, 3.63) is 29.8 Å². The van der Waals surface area contributed by atoms with E-state index in [0.717, 1.165) is 5.56 Å². The maximum atomic E-state index is 12.6. The van der Waals surface area contributed by atoms with Crippen LogP contribution >= 0.6 is 0 Å². The standard InChI is InChI=1S/C15H22N2O3S/c1-3-15(18)16-13-7-9-17(10-8-13)21(19,20)14-6-4-5-12(2)11-14/h4-6,11,13H,3,7-10H2,1-2H3,(H,16,18). The number of hydrogen-bond acceptors (Lipinski definition) is 3. The number of carbonyl (C=O) groups excluding carboxylic acids is 1. The van der Waals surface area contributed by atoms with Gasteiger partial charge >= 0.3 is 0 Å². The van der Waals surface area contributed by atoms with Crippen LogP contribution in [-0.2, 0) is 14.8 Å². The summed E-state index contributed by atoms with van der Waals surface area (Å²) in [4.78, 5) is 11.7. The van der Waals surface area contributed by atoms with Crippen LogP contribution in [0.5, 0.6) is 0 Å². The molecule has 1 saturated heterocycles. The van der Waals surface area contributed by atoms with Crippen molar-refractivity contribution in [2.75, 3.05) is 13.1 Å². The molecule has 1 aromatic rings. The van der Waals surface area contributed by atoms with E-state index in [1.54, 1.807) is 18.2 Å². The van der Waals surface area contributed by atoms with Gasteiger partial charge < -0.3 is 5.32 Å². The highest BCUT2D eigenvalue weighted by atomic mass is 32.2. The van der Waals surface area contributed by atoms with Crippen molar-refractivity contribution in [2.45, 2.75) is 44.0 Å². The molecule has 5 nitrogen and oxygen atoms in total. The molecular formula is C15H22N2O3S. The summed E-state index contributed by atoms with van der Waals surface area (Å²) in [5, 5.41) is 2.93. The number of aryl methyl sites for hydroxylation is 1. The number of benzene rings is 1. The van der Waals surface area contributed by atoms with Gasteiger partial charge in [0.05, 0.1) is 4.90 Å². The first-order chi connectivity index (χ1) is 9.93. The number of hydrogen-bond donors (Lipinski definition) is 1. The largest absolute Gasteiger partial charge is 0.353 e. The molecule has 0 aromatic heterocycles. The van der Waals surface area contributed by atoms with Crippen LogP contribution in [0.3, 0.4) is 0 Å². The molecule has 21 heavy (non-hydrogen) atoms. The lowest BCUT2D eigenvalue weighted by atomic mass is 10.1. The first-order valence-electron chi connectivity index (χ1n) is 7.29. The third-order valence-electron chi connectivity index (χ3n) is 3.77. The van der Waals surface area contributed by atoms with Crippen molar-refractivity contribution in [1.82, 2.24) is 9.62 Å². The predicted molar refractivity (Wildman–Crippen MR) is 81.4 cm³/mol. The Morgan fingerprint density at radius 3 is 2.57 bits per heavy atom. The molecule has 0 radical (unpaired) electrons. The highest BCUT2D eigenvalue weighted by Gasteiger charge is 2.29. The van der Waals surface area contributed by atoms with E-state index in [2.05, 4.69) is 5.32 Å². The van der Waals surface area contributed by atoms with Gasteiger partial charge in [-0.15, -0.1) is 0 Å². The average Bonchev–Trinajstić information content (AvgIpc) is 2.47. The SMILES string of the molecule is CCC(=O)NC1CCN(S(=O)(=O)c2cccc(C)c2)CC1. The molecule has 1 N–H and O–H groups in total. The van der Waals surface area contributed by atoms with E-state index in [4.69, 9.17) is 0 Å². The smallest absolute Gasteiger partial charge is 0.243 e. The van der Waals surface area contributed by atoms with E-state index >= 15 is 0 Å². The van der Waals surface area contributed by atoms with Crippen LogP contribution in [-0.4, -0.2) is 37.8 Å². The van der Waals surface area contributed by atoms with E-state index < -0.39 is 10.0 Å². The third kappa shape index (κ3) is 3.83. The van der Waals surface area contributed by atoms with E-state index in [-0.39, 0.29) is 11.9 Å². The monoisotopic (exact) mass is 310 g/mol. The van der Waals surface area contributed by atoms with Gasteiger partial charge in [-0.25, -0.2) is 8.42 Å². The van der Waals surface area contributed by atoms with Crippen LogP contribution in [0, 0.1) is 6.92 Å². The number of piperidine rings is 1. The van der Waals surface area contributed by atoms with Crippen LogP contribution < -0.4 is 5.32 Å². The minimum Gasteiger partial charge on any atom is -0.353 e. The second kappa shape index (κ2) is 6.58. The van der Waals surface area contributed by atoms with Crippen LogP contribution in [0.25, 0.3) is 0 Å². The Bertz CT molecular complexity index is 605. The number of carbonyl (C=O) groups is 1. The zero-order chi connectivity index (χ0) is 15.5. The fourth-order valence-corrected chi connectivity index (χ4v) is 4.07. The van der Waals surface area contributed by atoms with Gasteiger partial charge in [0.15, 0.2) is 0 Å². The maximum absolute atomic E-state index is 12.6. The van der Waals surface area contributed by atoms with Crippen molar-refractivity contribution < 1.29 is 13.2 Å². The topological polar surface area (TPSA) is 66.5 Å². The van der Waals surface area contributed by atoms with Crippen molar-refractivity contribution >= 4 is 15.9 Å². The molecule has 0 spiro atoms. The van der Waals surface area contributed by atoms with Crippen molar-refractivity contribution in [1.29, 1.82) is 0 Å². The molecule has 1 aliphatic heterocycles. The Kier molecular flexibility index (Phi) is 5.00. The van der Waals surface area contributed by atoms with Gasteiger partial charge in [0.1, 0.15) is 0 Å². The van der Waals surface area contributed by atoms with Gasteiger partial charge in [-0.05, 0) is 37.5 Å². The van der Waals surface area contributed by atoms with Crippen LogP contribution in [0.2, 0.25) is 0 Å². The third-order valence-corrected chi connectivity index (χ3v) is 5.66. The summed E-state index contributed by atoms with van der Waals surface area (Å²) in [6, 6.07) is 7.05. The first kappa shape index (κ1) is 16.0. The molecule has 0 atom stereocenters. The molecule has 0 bridgehead atoms. The van der Waals surface area contributed by atoms with Gasteiger partial charge in [0.25, 0.3) is 0 Å². The highest BCUT2D eigenvalue weighted by Crippen LogP contribution is 2.21. The minimum atomic E-state index is -3.42. The maximum Gasteiger partial charge on any atom is 0.243 e. The summed E-state index contributed by atoms with van der Waals surface area (Å²) in [6.45, 7) is 4.59. The average molecular weight is 310 g/mol. The number of amides is 1. The summed E-state index contributed by atoms with van der Waals surface area (Å²) in [5.41, 5.74) is 0.932. The molecular weight excluding hydrogens is 288 g/mol. The van der Waals surface area contributed by atoms with E-state index in [9.17, 15) is 13.2 Å². The summed E-state index contributed by atoms with van der Waals surface area (Å²) >= 11 is 0. The van der Waals surface area contributed by atoms with E-state index in [1.165, 1.54) is 4.31 Å². The Morgan fingerprint density at radius 2 is 2.00 bits per heavy atom. The lowest BCUT2D eigenvalue weighted by Gasteiger charge is -2.31. The van der Waals surface area contributed by atoms with Crippen LogP contribution in [0.1, 0.15) is 31.7 Å². The van der Waals surface area contributed by atoms with Crippen molar-refractivity contribution in [2.24, 2.45) is 0 Å². The molecule has 0 unspecified atom stereocenters. The normalized spacial score (nSPS) is 17.6. The molecule has 0 aliphatic carbocycles. The molecule has 1 heterocycles. The van der Waals surface area contributed by atoms with E-state index in [1.807, 2.05) is 19.9 Å². The molecule has 2 rings (SSSR count). The summed E-state index contributed by atoms with van der Waals surface area (Å²) in [7, 11) is -3.42. The highest BCUT2D eigenvalue weighted by molar-refractivity contribution is 7.89. The number of sulfonamides is 1. The fraction of sp³-hybridized carbons (Fsp3) is 0.533. The zero-order valence-electron chi connectivity index (χ0n) is 12.5. The van der Waals surface area contributed by atoms with Crippen molar-refractivity contribution in [3.8, 4) is 0 Å². The van der Waals surface area contributed by atoms with Gasteiger partial charge in [0, 0.05) is 25.6 Å². The zero-order valence-corrected chi connectivity index (χ0v) is 13.3.